The number of nitrogens with zero attached hydrogens (tertiary/aromatic N) is 1. The molecule has 0 unspecified atom stereocenters. The predicted molar refractivity (Wildman–Crippen MR) is 67.7 cm³/mol. The number of hydrogen-bond donors (Lipinski definition) is 4. The number of carbonyl (C=O) groups is 3. The van der Waals surface area contributed by atoms with Gasteiger partial charge in [0.25, 0.3) is 0 Å². The van der Waals surface area contributed by atoms with Crippen LogP contribution in [0.3, 0.4) is 0 Å². The second-order valence-electron chi connectivity index (χ2n) is 3.55. The van der Waals surface area contributed by atoms with Crippen LogP contribution in [-0.2, 0) is 16.1 Å². The topological polar surface area (TPSA) is 120 Å². The number of amides is 3. The first kappa shape index (κ1) is 14.9. The van der Waals surface area contributed by atoms with E-state index in [4.69, 9.17) is 5.11 Å². The van der Waals surface area contributed by atoms with Crippen LogP contribution in [0.2, 0.25) is 0 Å². The number of rotatable bonds is 6. The highest BCUT2D eigenvalue weighted by Gasteiger charge is 2.06. The fraction of sp³-hybridized carbons (Fsp3) is 0.400. The van der Waals surface area contributed by atoms with E-state index in [0.717, 1.165) is 9.88 Å². The number of urea groups is 1. The summed E-state index contributed by atoms with van der Waals surface area (Å²) in [6.07, 6.45) is 1.67. The van der Waals surface area contributed by atoms with Gasteiger partial charge in [-0.3, -0.25) is 9.59 Å². The van der Waals surface area contributed by atoms with E-state index in [1.807, 2.05) is 6.92 Å². The Morgan fingerprint density at radius 3 is 2.58 bits per heavy atom. The van der Waals surface area contributed by atoms with Crippen LogP contribution in [0.25, 0.3) is 0 Å². The number of thiazole rings is 1. The third-order valence-corrected chi connectivity index (χ3v) is 2.85. The first-order valence-electron chi connectivity index (χ1n) is 5.39. The van der Waals surface area contributed by atoms with E-state index in [9.17, 15) is 14.4 Å². The highest BCUT2D eigenvalue weighted by atomic mass is 32.1. The SMILES string of the molecule is Cc1ncc(CNC(=O)NCC(=O)NCC(=O)O)s1. The van der Waals surface area contributed by atoms with Crippen LogP contribution in [-0.4, -0.2) is 41.1 Å². The van der Waals surface area contributed by atoms with Gasteiger partial charge < -0.3 is 21.1 Å². The van der Waals surface area contributed by atoms with E-state index < -0.39 is 24.5 Å². The summed E-state index contributed by atoms with van der Waals surface area (Å²) < 4.78 is 0. The van der Waals surface area contributed by atoms with Crippen molar-refractivity contribution in [2.75, 3.05) is 13.1 Å². The van der Waals surface area contributed by atoms with Gasteiger partial charge in [0.2, 0.25) is 5.91 Å². The monoisotopic (exact) mass is 286 g/mol. The van der Waals surface area contributed by atoms with Crippen molar-refractivity contribution < 1.29 is 19.5 Å². The molecule has 0 saturated carbocycles. The zero-order valence-corrected chi connectivity index (χ0v) is 11.0. The quantitative estimate of drug-likeness (QED) is 0.559. The molecule has 0 atom stereocenters. The molecular formula is C10H14N4O4S. The van der Waals surface area contributed by atoms with Gasteiger partial charge in [0.15, 0.2) is 0 Å². The van der Waals surface area contributed by atoms with E-state index in [0.29, 0.717) is 6.54 Å². The van der Waals surface area contributed by atoms with Crippen LogP contribution in [0.1, 0.15) is 9.88 Å². The Kier molecular flexibility index (Phi) is 5.73. The Balaban J connectivity index is 2.17. The second kappa shape index (κ2) is 7.31. The Hall–Kier alpha value is -2.16. The number of aliphatic carboxylic acids is 1. The third-order valence-electron chi connectivity index (χ3n) is 1.94. The van der Waals surface area contributed by atoms with Gasteiger partial charge in [-0.25, -0.2) is 9.78 Å². The van der Waals surface area contributed by atoms with Gasteiger partial charge in [-0.15, -0.1) is 11.3 Å². The lowest BCUT2D eigenvalue weighted by molar-refractivity contribution is -0.137. The Morgan fingerprint density at radius 2 is 2.00 bits per heavy atom. The van der Waals surface area contributed by atoms with Crippen molar-refractivity contribution >= 4 is 29.2 Å². The molecule has 0 aliphatic rings. The molecule has 1 aromatic rings. The van der Waals surface area contributed by atoms with Gasteiger partial charge >= 0.3 is 12.0 Å². The zero-order valence-electron chi connectivity index (χ0n) is 10.2. The van der Waals surface area contributed by atoms with Crippen LogP contribution in [0.5, 0.6) is 0 Å². The van der Waals surface area contributed by atoms with Crippen molar-refractivity contribution in [3.8, 4) is 0 Å². The molecule has 0 aromatic carbocycles. The summed E-state index contributed by atoms with van der Waals surface area (Å²) in [7, 11) is 0. The molecule has 0 radical (unpaired) electrons. The van der Waals surface area contributed by atoms with E-state index in [1.165, 1.54) is 11.3 Å². The molecule has 9 heteroatoms. The molecule has 1 rings (SSSR count). The summed E-state index contributed by atoms with van der Waals surface area (Å²) >= 11 is 1.47. The van der Waals surface area contributed by atoms with E-state index >= 15 is 0 Å². The number of carbonyl (C=O) groups excluding carboxylic acids is 2. The summed E-state index contributed by atoms with van der Waals surface area (Å²) in [6.45, 7) is 1.44. The second-order valence-corrected chi connectivity index (χ2v) is 4.87. The van der Waals surface area contributed by atoms with Crippen molar-refractivity contribution in [1.29, 1.82) is 0 Å². The maximum Gasteiger partial charge on any atom is 0.322 e. The number of carboxylic acids is 1. The summed E-state index contributed by atoms with van der Waals surface area (Å²) in [5, 5.41) is 16.2. The van der Waals surface area contributed by atoms with E-state index in [2.05, 4.69) is 20.9 Å². The van der Waals surface area contributed by atoms with Gasteiger partial charge in [-0.1, -0.05) is 0 Å². The van der Waals surface area contributed by atoms with Crippen molar-refractivity contribution in [3.63, 3.8) is 0 Å². The molecule has 8 nitrogen and oxygen atoms in total. The molecule has 4 N–H and O–H groups in total. The number of hydrogen-bond acceptors (Lipinski definition) is 5. The van der Waals surface area contributed by atoms with Crippen LogP contribution >= 0.6 is 11.3 Å². The standard InChI is InChI=1S/C10H14N4O4S/c1-6-11-2-7(19-6)3-13-10(18)14-4-8(15)12-5-9(16)17/h2H,3-5H2,1H3,(H,12,15)(H,16,17)(H2,13,14,18). The lowest BCUT2D eigenvalue weighted by Crippen LogP contribution is -2.42. The largest absolute Gasteiger partial charge is 0.480 e. The van der Waals surface area contributed by atoms with Crippen molar-refractivity contribution in [3.05, 3.63) is 16.1 Å². The minimum atomic E-state index is -1.14. The third kappa shape index (κ3) is 6.36. The number of nitrogens with one attached hydrogen (secondary N) is 3. The average Bonchev–Trinajstić information content (AvgIpc) is 2.77. The molecule has 1 aromatic heterocycles. The highest BCUT2D eigenvalue weighted by molar-refractivity contribution is 7.11. The molecule has 0 aliphatic heterocycles. The maximum absolute atomic E-state index is 11.3. The van der Waals surface area contributed by atoms with Gasteiger partial charge in [0.05, 0.1) is 18.1 Å². The fourth-order valence-corrected chi connectivity index (χ4v) is 1.85. The molecule has 1 heterocycles. The molecule has 0 bridgehead atoms. The predicted octanol–water partition coefficient (Wildman–Crippen LogP) is -0.548. The lowest BCUT2D eigenvalue weighted by atomic mass is 10.5. The van der Waals surface area contributed by atoms with Crippen LogP contribution in [0.4, 0.5) is 4.79 Å². The summed E-state index contributed by atoms with van der Waals surface area (Å²) in [6, 6.07) is -0.503. The molecule has 104 valence electrons. The Bertz CT molecular complexity index is 474. The summed E-state index contributed by atoms with van der Waals surface area (Å²) in [4.78, 5) is 37.6. The maximum atomic E-state index is 11.3. The zero-order chi connectivity index (χ0) is 14.3. The highest BCUT2D eigenvalue weighted by Crippen LogP contribution is 2.10. The molecular weight excluding hydrogens is 272 g/mol. The summed E-state index contributed by atoms with van der Waals surface area (Å²) in [5.41, 5.74) is 0. The Labute approximate surface area is 113 Å². The first-order chi connectivity index (χ1) is 8.97. The van der Waals surface area contributed by atoms with Gasteiger partial charge in [-0.2, -0.15) is 0 Å². The van der Waals surface area contributed by atoms with Crippen LogP contribution in [0.15, 0.2) is 6.20 Å². The van der Waals surface area contributed by atoms with Gasteiger partial charge in [0.1, 0.15) is 6.54 Å². The van der Waals surface area contributed by atoms with E-state index in [1.54, 1.807) is 6.20 Å². The average molecular weight is 286 g/mol. The number of aryl methyl sites for hydroxylation is 1. The smallest absolute Gasteiger partial charge is 0.322 e. The number of aromatic nitrogens is 1. The molecule has 3 amide bonds. The molecule has 0 aliphatic carbocycles. The minimum absolute atomic E-state index is 0.277. The van der Waals surface area contributed by atoms with Gasteiger partial charge in [-0.05, 0) is 6.92 Å². The number of carboxylic acid groups (broad SMARTS) is 1. The van der Waals surface area contributed by atoms with E-state index in [-0.39, 0.29) is 6.54 Å². The van der Waals surface area contributed by atoms with Crippen LogP contribution < -0.4 is 16.0 Å². The normalized spacial score (nSPS) is 9.74. The first-order valence-corrected chi connectivity index (χ1v) is 6.20. The lowest BCUT2D eigenvalue weighted by Gasteiger charge is -2.06. The van der Waals surface area contributed by atoms with Gasteiger partial charge in [0, 0.05) is 11.1 Å². The van der Waals surface area contributed by atoms with Crippen LogP contribution in [0, 0.1) is 6.92 Å². The Morgan fingerprint density at radius 1 is 1.26 bits per heavy atom. The molecule has 0 fully saturated rings. The van der Waals surface area contributed by atoms with Crippen molar-refractivity contribution in [1.82, 2.24) is 20.9 Å². The van der Waals surface area contributed by atoms with Crippen molar-refractivity contribution in [2.24, 2.45) is 0 Å². The summed E-state index contributed by atoms with van der Waals surface area (Å²) in [5.74, 6) is -1.70. The van der Waals surface area contributed by atoms with Crippen molar-refractivity contribution in [2.45, 2.75) is 13.5 Å². The molecule has 0 saturated heterocycles. The molecule has 0 spiro atoms. The minimum Gasteiger partial charge on any atom is -0.480 e. The fourth-order valence-electron chi connectivity index (χ4n) is 1.11. The molecule has 19 heavy (non-hydrogen) atoms.